The van der Waals surface area contributed by atoms with Crippen molar-refractivity contribution in [2.75, 3.05) is 4.90 Å². The number of aromatic carboxylic acids is 1. The standard InChI is InChI=1S/C10H8N2O4/c13-8-1-2-9(14)12(8)6-3-4-11-7(5-6)10(15)16/h3-5H,1-2H2,(H,15,16). The summed E-state index contributed by atoms with van der Waals surface area (Å²) in [5.41, 5.74) is 0.0740. The van der Waals surface area contributed by atoms with E-state index in [2.05, 4.69) is 4.98 Å². The quantitative estimate of drug-likeness (QED) is 0.730. The van der Waals surface area contributed by atoms with Crippen molar-refractivity contribution in [3.63, 3.8) is 0 Å². The summed E-state index contributed by atoms with van der Waals surface area (Å²) < 4.78 is 0. The minimum absolute atomic E-state index is 0.170. The summed E-state index contributed by atoms with van der Waals surface area (Å²) in [5, 5.41) is 8.73. The molecule has 1 aliphatic rings. The lowest BCUT2D eigenvalue weighted by Crippen LogP contribution is -2.28. The maximum Gasteiger partial charge on any atom is 0.354 e. The number of anilines is 1. The van der Waals surface area contributed by atoms with Crippen LogP contribution >= 0.6 is 0 Å². The van der Waals surface area contributed by atoms with Crippen LogP contribution in [-0.4, -0.2) is 27.9 Å². The van der Waals surface area contributed by atoms with Crippen LogP contribution in [0, 0.1) is 0 Å². The van der Waals surface area contributed by atoms with E-state index >= 15 is 0 Å². The van der Waals surface area contributed by atoms with Crippen LogP contribution in [0.5, 0.6) is 0 Å². The van der Waals surface area contributed by atoms with E-state index in [1.807, 2.05) is 0 Å². The molecule has 82 valence electrons. The number of carbonyl (C=O) groups is 3. The van der Waals surface area contributed by atoms with Gasteiger partial charge in [-0.15, -0.1) is 0 Å². The summed E-state index contributed by atoms with van der Waals surface area (Å²) in [7, 11) is 0. The molecule has 0 aromatic carbocycles. The van der Waals surface area contributed by atoms with Crippen molar-refractivity contribution in [3.05, 3.63) is 24.0 Å². The first kappa shape index (κ1) is 10.3. The highest BCUT2D eigenvalue weighted by molar-refractivity contribution is 6.19. The van der Waals surface area contributed by atoms with Crippen molar-refractivity contribution in [2.45, 2.75) is 12.8 Å². The molecule has 2 rings (SSSR count). The maximum atomic E-state index is 11.4. The highest BCUT2D eigenvalue weighted by Gasteiger charge is 2.30. The van der Waals surface area contributed by atoms with Crippen molar-refractivity contribution in [1.82, 2.24) is 4.98 Å². The van der Waals surface area contributed by atoms with Gasteiger partial charge in [0.1, 0.15) is 5.69 Å². The van der Waals surface area contributed by atoms with Crippen molar-refractivity contribution in [2.24, 2.45) is 0 Å². The van der Waals surface area contributed by atoms with Gasteiger partial charge in [0.2, 0.25) is 11.8 Å². The lowest BCUT2D eigenvalue weighted by Gasteiger charge is -2.13. The summed E-state index contributed by atoms with van der Waals surface area (Å²) in [4.78, 5) is 38.1. The zero-order valence-corrected chi connectivity index (χ0v) is 8.21. The Morgan fingerprint density at radius 1 is 1.31 bits per heavy atom. The fourth-order valence-electron chi connectivity index (χ4n) is 1.54. The predicted molar refractivity (Wildman–Crippen MR) is 52.9 cm³/mol. The Morgan fingerprint density at radius 2 is 1.94 bits per heavy atom. The summed E-state index contributed by atoms with van der Waals surface area (Å²) in [6.45, 7) is 0. The minimum Gasteiger partial charge on any atom is -0.477 e. The van der Waals surface area contributed by atoms with Gasteiger partial charge < -0.3 is 5.11 Å². The molecule has 1 saturated heterocycles. The van der Waals surface area contributed by atoms with Crippen LogP contribution in [0.25, 0.3) is 0 Å². The van der Waals surface area contributed by atoms with Crippen molar-refractivity contribution in [1.29, 1.82) is 0 Å². The summed E-state index contributed by atoms with van der Waals surface area (Å²) in [5.74, 6) is -1.82. The lowest BCUT2D eigenvalue weighted by atomic mass is 10.3. The van der Waals surface area contributed by atoms with Crippen LogP contribution in [0.1, 0.15) is 23.3 Å². The van der Waals surface area contributed by atoms with Crippen LogP contribution < -0.4 is 4.90 Å². The van der Waals surface area contributed by atoms with Gasteiger partial charge in [0.15, 0.2) is 0 Å². The first-order valence-corrected chi connectivity index (χ1v) is 4.65. The number of amides is 2. The molecular weight excluding hydrogens is 212 g/mol. The largest absolute Gasteiger partial charge is 0.477 e. The summed E-state index contributed by atoms with van der Waals surface area (Å²) in [6, 6.07) is 2.65. The molecule has 0 atom stereocenters. The van der Waals surface area contributed by atoms with Crippen LogP contribution in [0.2, 0.25) is 0 Å². The second-order valence-electron chi connectivity index (χ2n) is 3.33. The smallest absolute Gasteiger partial charge is 0.354 e. The molecule has 0 radical (unpaired) electrons. The zero-order valence-electron chi connectivity index (χ0n) is 8.21. The number of imide groups is 1. The molecule has 0 bridgehead atoms. The van der Waals surface area contributed by atoms with Gasteiger partial charge >= 0.3 is 5.97 Å². The molecule has 2 amide bonds. The van der Waals surface area contributed by atoms with Gasteiger partial charge in [-0.3, -0.25) is 14.5 Å². The average molecular weight is 220 g/mol. The first-order valence-electron chi connectivity index (χ1n) is 4.65. The molecule has 1 aromatic heterocycles. The fourth-order valence-corrected chi connectivity index (χ4v) is 1.54. The molecule has 1 N–H and O–H groups in total. The molecule has 0 aliphatic carbocycles. The van der Waals surface area contributed by atoms with Gasteiger partial charge in [-0.1, -0.05) is 0 Å². The Labute approximate surface area is 90.5 Å². The molecule has 0 saturated carbocycles. The second-order valence-corrected chi connectivity index (χ2v) is 3.33. The number of rotatable bonds is 2. The number of pyridine rings is 1. The third-order valence-electron chi connectivity index (χ3n) is 2.27. The highest BCUT2D eigenvalue weighted by atomic mass is 16.4. The number of carbonyl (C=O) groups excluding carboxylic acids is 2. The number of carboxylic acid groups (broad SMARTS) is 1. The lowest BCUT2D eigenvalue weighted by molar-refractivity contribution is -0.121. The fraction of sp³-hybridized carbons (Fsp3) is 0.200. The molecule has 16 heavy (non-hydrogen) atoms. The number of carboxylic acids is 1. The number of hydrogen-bond acceptors (Lipinski definition) is 4. The molecule has 1 aromatic rings. The zero-order chi connectivity index (χ0) is 11.7. The van der Waals surface area contributed by atoms with Crippen LogP contribution in [-0.2, 0) is 9.59 Å². The SMILES string of the molecule is O=C(O)c1cc(N2C(=O)CCC2=O)ccn1. The number of nitrogens with zero attached hydrogens (tertiary/aromatic N) is 2. The molecular formula is C10H8N2O4. The van der Waals surface area contributed by atoms with Crippen molar-refractivity contribution < 1.29 is 19.5 Å². The maximum absolute atomic E-state index is 11.4. The Morgan fingerprint density at radius 3 is 2.50 bits per heavy atom. The summed E-state index contributed by atoms with van der Waals surface area (Å²) in [6.07, 6.45) is 1.60. The van der Waals surface area contributed by atoms with E-state index in [0.717, 1.165) is 4.90 Å². The molecule has 1 fully saturated rings. The number of aromatic nitrogens is 1. The van der Waals surface area contributed by atoms with Crippen LogP contribution in [0.15, 0.2) is 18.3 Å². The molecule has 2 heterocycles. The van der Waals surface area contributed by atoms with E-state index < -0.39 is 5.97 Å². The van der Waals surface area contributed by atoms with Crippen molar-refractivity contribution in [3.8, 4) is 0 Å². The van der Waals surface area contributed by atoms with Crippen LogP contribution in [0.3, 0.4) is 0 Å². The molecule has 6 nitrogen and oxygen atoms in total. The normalized spacial score (nSPS) is 15.6. The van der Waals surface area contributed by atoms with Gasteiger partial charge in [-0.25, -0.2) is 9.78 Å². The molecule has 1 aliphatic heterocycles. The monoisotopic (exact) mass is 220 g/mol. The third kappa shape index (κ3) is 1.65. The van der Waals surface area contributed by atoms with E-state index in [-0.39, 0.29) is 36.0 Å². The van der Waals surface area contributed by atoms with E-state index in [9.17, 15) is 14.4 Å². The first-order chi connectivity index (χ1) is 7.59. The predicted octanol–water partition coefficient (Wildman–Crippen LogP) is 0.433. The second kappa shape index (κ2) is 3.73. The molecule has 6 heteroatoms. The van der Waals surface area contributed by atoms with Gasteiger partial charge in [0, 0.05) is 19.0 Å². The number of hydrogen-bond donors (Lipinski definition) is 1. The Kier molecular flexibility index (Phi) is 2.40. The topological polar surface area (TPSA) is 87.6 Å². The van der Waals surface area contributed by atoms with E-state index in [1.165, 1.54) is 18.3 Å². The molecule has 0 unspecified atom stereocenters. The third-order valence-corrected chi connectivity index (χ3v) is 2.27. The van der Waals surface area contributed by atoms with Crippen molar-refractivity contribution >= 4 is 23.5 Å². The minimum atomic E-state index is -1.19. The van der Waals surface area contributed by atoms with Gasteiger partial charge in [-0.2, -0.15) is 0 Å². The van der Waals surface area contributed by atoms with E-state index in [4.69, 9.17) is 5.11 Å². The average Bonchev–Trinajstić information content (AvgIpc) is 2.59. The Balaban J connectivity index is 2.40. The van der Waals surface area contributed by atoms with E-state index in [0.29, 0.717) is 0 Å². The molecule has 0 spiro atoms. The van der Waals surface area contributed by atoms with Crippen LogP contribution in [0.4, 0.5) is 5.69 Å². The highest BCUT2D eigenvalue weighted by Crippen LogP contribution is 2.22. The van der Waals surface area contributed by atoms with E-state index in [1.54, 1.807) is 0 Å². The van der Waals surface area contributed by atoms with Gasteiger partial charge in [-0.05, 0) is 12.1 Å². The Hall–Kier alpha value is -2.24. The van der Waals surface area contributed by atoms with Gasteiger partial charge in [0.05, 0.1) is 5.69 Å². The summed E-state index contributed by atoms with van der Waals surface area (Å²) >= 11 is 0. The van der Waals surface area contributed by atoms with Gasteiger partial charge in [0.25, 0.3) is 0 Å². The Bertz CT molecular complexity index is 467.